The Morgan fingerprint density at radius 2 is 1.45 bits per heavy atom. The lowest BCUT2D eigenvalue weighted by Crippen LogP contribution is -2.35. The minimum Gasteiger partial charge on any atom is -0.478 e. The lowest BCUT2D eigenvalue weighted by atomic mass is 10.1. The van der Waals surface area contributed by atoms with Crippen molar-refractivity contribution in [3.8, 4) is 0 Å². The first-order valence-electron chi connectivity index (χ1n) is 4.84. The van der Waals surface area contributed by atoms with Crippen molar-refractivity contribution in [3.05, 3.63) is 22.9 Å². The highest BCUT2D eigenvalue weighted by molar-refractivity contribution is 5.88. The zero-order valence-electron chi connectivity index (χ0n) is 10.1. The molecule has 0 radical (unpaired) electrons. The highest BCUT2D eigenvalue weighted by atomic mass is 19.4. The van der Waals surface area contributed by atoms with E-state index in [-0.39, 0.29) is 6.08 Å². The van der Waals surface area contributed by atoms with E-state index in [2.05, 4.69) is 0 Å². The summed E-state index contributed by atoms with van der Waals surface area (Å²) in [7, 11) is 0. The molecule has 0 atom stereocenters. The zero-order valence-corrected chi connectivity index (χ0v) is 10.1. The molecule has 0 unspecified atom stereocenters. The van der Waals surface area contributed by atoms with Crippen LogP contribution in [0.15, 0.2) is 22.9 Å². The number of alkyl halides is 6. The summed E-state index contributed by atoms with van der Waals surface area (Å²) in [5.74, 6) is -4.34. The molecule has 0 aliphatic rings. The second-order valence-corrected chi connectivity index (χ2v) is 3.62. The van der Waals surface area contributed by atoms with E-state index in [0.717, 1.165) is 6.92 Å². The number of hydrogen-bond donors (Lipinski definition) is 2. The molecule has 0 fully saturated rings. The summed E-state index contributed by atoms with van der Waals surface area (Å²) in [4.78, 5) is 21.0. The highest BCUT2D eigenvalue weighted by Gasteiger charge is 2.39. The number of carbonyl (C=O) groups excluding carboxylic acids is 1. The summed E-state index contributed by atoms with van der Waals surface area (Å²) in [6.45, 7) is 1.41. The van der Waals surface area contributed by atoms with Gasteiger partial charge < -0.3 is 10.4 Å². The van der Waals surface area contributed by atoms with Crippen molar-refractivity contribution in [2.45, 2.75) is 26.2 Å². The molecule has 0 bridgehead atoms. The number of hydrogen-bond acceptors (Lipinski definition) is 2. The fraction of sp³-hybridized carbons (Fsp3) is 0.400. The summed E-state index contributed by atoms with van der Waals surface area (Å²) in [6, 6.07) is 0. The van der Waals surface area contributed by atoms with E-state index >= 15 is 0 Å². The molecule has 10 heteroatoms. The number of carboxylic acids is 1. The summed E-state index contributed by atoms with van der Waals surface area (Å²) >= 11 is 0. The van der Waals surface area contributed by atoms with Crippen LogP contribution in [-0.2, 0) is 9.59 Å². The number of rotatable bonds is 3. The second-order valence-electron chi connectivity index (χ2n) is 3.62. The van der Waals surface area contributed by atoms with Crippen molar-refractivity contribution in [2.75, 3.05) is 0 Å². The maximum atomic E-state index is 12.6. The maximum absolute atomic E-state index is 12.6. The average Bonchev–Trinajstić information content (AvgIpc) is 2.21. The molecule has 114 valence electrons. The largest absolute Gasteiger partial charge is 0.478 e. The molecule has 0 spiro atoms. The van der Waals surface area contributed by atoms with Crippen molar-refractivity contribution < 1.29 is 41.0 Å². The minimum atomic E-state index is -5.26. The average molecular weight is 305 g/mol. The monoisotopic (exact) mass is 305 g/mol. The van der Waals surface area contributed by atoms with E-state index in [0.29, 0.717) is 6.92 Å². The van der Waals surface area contributed by atoms with Gasteiger partial charge in [-0.2, -0.15) is 26.3 Å². The predicted octanol–water partition coefficient (Wildman–Crippen LogP) is 2.53. The molecule has 0 saturated carbocycles. The lowest BCUT2D eigenvalue weighted by Gasteiger charge is -2.13. The molecule has 4 nitrogen and oxygen atoms in total. The molecule has 2 N–H and O–H groups in total. The van der Waals surface area contributed by atoms with Gasteiger partial charge in [-0.1, -0.05) is 0 Å². The van der Waals surface area contributed by atoms with Crippen LogP contribution in [0, 0.1) is 0 Å². The number of amides is 1. The van der Waals surface area contributed by atoms with Crippen LogP contribution in [0.4, 0.5) is 26.3 Å². The normalized spacial score (nSPS) is 14.7. The van der Waals surface area contributed by atoms with Crippen LogP contribution in [0.3, 0.4) is 0 Å². The Morgan fingerprint density at radius 3 is 1.75 bits per heavy atom. The quantitative estimate of drug-likeness (QED) is 0.478. The van der Waals surface area contributed by atoms with Gasteiger partial charge >= 0.3 is 24.2 Å². The van der Waals surface area contributed by atoms with Gasteiger partial charge in [0.15, 0.2) is 0 Å². The maximum Gasteiger partial charge on any atom is 0.471 e. The fourth-order valence-electron chi connectivity index (χ4n) is 1.02. The van der Waals surface area contributed by atoms with Crippen LogP contribution in [0.2, 0.25) is 0 Å². The zero-order chi connectivity index (χ0) is 16.3. The van der Waals surface area contributed by atoms with Gasteiger partial charge in [-0.25, -0.2) is 4.79 Å². The van der Waals surface area contributed by atoms with Gasteiger partial charge in [0.05, 0.1) is 5.57 Å². The molecule has 0 aliphatic heterocycles. The summed E-state index contributed by atoms with van der Waals surface area (Å²) in [5.41, 5.74) is -3.57. The molecule has 0 heterocycles. The Balaban J connectivity index is 5.49. The van der Waals surface area contributed by atoms with Gasteiger partial charge in [-0.3, -0.25) is 4.79 Å². The van der Waals surface area contributed by atoms with Gasteiger partial charge in [0.1, 0.15) is 0 Å². The summed E-state index contributed by atoms with van der Waals surface area (Å²) in [6.07, 6.45) is -10.2. The van der Waals surface area contributed by atoms with Gasteiger partial charge in [0.25, 0.3) is 0 Å². The number of halogens is 6. The van der Waals surface area contributed by atoms with Crippen molar-refractivity contribution in [2.24, 2.45) is 0 Å². The van der Waals surface area contributed by atoms with Crippen molar-refractivity contribution in [3.63, 3.8) is 0 Å². The number of carbonyl (C=O) groups is 2. The molecule has 1 amide bonds. The molecule has 0 aliphatic carbocycles. The Bertz CT molecular complexity index is 472. The van der Waals surface area contributed by atoms with Gasteiger partial charge in [0, 0.05) is 11.3 Å². The van der Waals surface area contributed by atoms with Crippen molar-refractivity contribution >= 4 is 11.9 Å². The third-order valence-corrected chi connectivity index (χ3v) is 1.96. The third-order valence-electron chi connectivity index (χ3n) is 1.96. The van der Waals surface area contributed by atoms with Crippen LogP contribution in [-0.4, -0.2) is 29.3 Å². The molecule has 0 aromatic rings. The molecular weight excluding hydrogens is 296 g/mol. The number of aliphatic carboxylic acids is 1. The second kappa shape index (κ2) is 5.97. The number of allylic oxidation sites excluding steroid dienone is 3. The summed E-state index contributed by atoms with van der Waals surface area (Å²) in [5, 5.41) is 9.67. The SMILES string of the molecule is CC(=CC(=C(C)C(=O)O)C(F)(F)F)NC(=O)C(F)(F)F. The van der Waals surface area contributed by atoms with Gasteiger partial charge in [0.2, 0.25) is 0 Å². The van der Waals surface area contributed by atoms with Gasteiger partial charge in [-0.15, -0.1) is 0 Å². The smallest absolute Gasteiger partial charge is 0.471 e. The van der Waals surface area contributed by atoms with E-state index in [4.69, 9.17) is 5.11 Å². The first kappa shape index (κ1) is 18.0. The van der Waals surface area contributed by atoms with E-state index in [9.17, 15) is 35.9 Å². The standard InChI is InChI=1S/C10H9F6NO3/c1-4(17-8(20)10(14,15)16)3-6(9(11,12)13)5(2)7(18)19/h3H,1-2H3,(H,17,20)(H,18,19). The van der Waals surface area contributed by atoms with E-state index in [1.54, 1.807) is 0 Å². The van der Waals surface area contributed by atoms with Crippen LogP contribution >= 0.6 is 0 Å². The molecule has 0 saturated heterocycles. The molecule has 0 aromatic heterocycles. The Hall–Kier alpha value is -2.00. The van der Waals surface area contributed by atoms with Gasteiger partial charge in [-0.05, 0) is 19.9 Å². The van der Waals surface area contributed by atoms with Crippen LogP contribution < -0.4 is 5.32 Å². The van der Waals surface area contributed by atoms with E-state index < -0.39 is 41.1 Å². The summed E-state index contributed by atoms with van der Waals surface area (Å²) < 4.78 is 73.4. The van der Waals surface area contributed by atoms with Crippen LogP contribution in [0.25, 0.3) is 0 Å². The highest BCUT2D eigenvalue weighted by Crippen LogP contribution is 2.30. The molecule has 20 heavy (non-hydrogen) atoms. The van der Waals surface area contributed by atoms with Crippen LogP contribution in [0.5, 0.6) is 0 Å². The van der Waals surface area contributed by atoms with Crippen molar-refractivity contribution in [1.82, 2.24) is 5.32 Å². The van der Waals surface area contributed by atoms with Crippen LogP contribution in [0.1, 0.15) is 13.8 Å². The fourth-order valence-corrected chi connectivity index (χ4v) is 1.02. The predicted molar refractivity (Wildman–Crippen MR) is 54.3 cm³/mol. The van der Waals surface area contributed by atoms with E-state index in [1.165, 1.54) is 5.32 Å². The van der Waals surface area contributed by atoms with E-state index in [1.807, 2.05) is 0 Å². The third kappa shape index (κ3) is 5.33. The lowest BCUT2D eigenvalue weighted by molar-refractivity contribution is -0.172. The topological polar surface area (TPSA) is 66.4 Å². The first-order chi connectivity index (χ1) is 8.76. The molecular formula is C10H9F6NO3. The molecule has 0 rings (SSSR count). The molecule has 0 aromatic carbocycles. The number of nitrogens with one attached hydrogen (secondary N) is 1. The Kier molecular flexibility index (Phi) is 5.37. The first-order valence-corrected chi connectivity index (χ1v) is 4.84. The number of carboxylic acid groups (broad SMARTS) is 1. The Labute approximate surface area is 108 Å². The Morgan fingerprint density at radius 1 is 1.00 bits per heavy atom. The van der Waals surface area contributed by atoms with Crippen molar-refractivity contribution in [1.29, 1.82) is 0 Å². The minimum absolute atomic E-state index is 0.118.